The first-order chi connectivity index (χ1) is 13.0. The van der Waals surface area contributed by atoms with E-state index in [0.29, 0.717) is 25.1 Å². The van der Waals surface area contributed by atoms with Crippen molar-refractivity contribution in [1.29, 1.82) is 0 Å². The summed E-state index contributed by atoms with van der Waals surface area (Å²) >= 11 is 0. The molecule has 27 heavy (non-hydrogen) atoms. The number of amides is 2. The quantitative estimate of drug-likeness (QED) is 0.736. The van der Waals surface area contributed by atoms with Crippen LogP contribution in [0.25, 0.3) is 0 Å². The fourth-order valence-electron chi connectivity index (χ4n) is 2.75. The van der Waals surface area contributed by atoms with Crippen molar-refractivity contribution in [3.05, 3.63) is 65.5 Å². The van der Waals surface area contributed by atoms with Gasteiger partial charge in [0, 0.05) is 38.5 Å². The van der Waals surface area contributed by atoms with Crippen LogP contribution in [0, 0.1) is 5.82 Å². The molecule has 0 fully saturated rings. The first-order valence-electron chi connectivity index (χ1n) is 8.88. The molecule has 0 saturated carbocycles. The van der Waals surface area contributed by atoms with Gasteiger partial charge in [-0.1, -0.05) is 36.4 Å². The van der Waals surface area contributed by atoms with Gasteiger partial charge in [-0.2, -0.15) is 0 Å². The first-order valence-corrected chi connectivity index (χ1v) is 8.88. The molecule has 0 aromatic heterocycles. The summed E-state index contributed by atoms with van der Waals surface area (Å²) in [5, 5.41) is 2.69. The maximum atomic E-state index is 13.6. The van der Waals surface area contributed by atoms with Gasteiger partial charge in [0.05, 0.1) is 7.11 Å². The number of hydrogen-bond acceptors (Lipinski definition) is 3. The summed E-state index contributed by atoms with van der Waals surface area (Å²) in [6.45, 7) is 2.43. The lowest BCUT2D eigenvalue weighted by atomic mass is 10.1. The van der Waals surface area contributed by atoms with Crippen LogP contribution in [0.5, 0.6) is 5.75 Å². The standard InChI is InChI=1S/C21H25FN2O3/c1-16(25)24(13-11-17-7-4-6-10-20(17)27-2)14-12-21(26)23-15-18-8-3-5-9-19(18)22/h3-10H,11-15H2,1-2H3,(H,23,26). The number of carbonyl (C=O) groups is 2. The van der Waals surface area contributed by atoms with Gasteiger partial charge in [0.25, 0.3) is 0 Å². The number of para-hydroxylation sites is 1. The highest BCUT2D eigenvalue weighted by atomic mass is 19.1. The second-order valence-electron chi connectivity index (χ2n) is 6.19. The van der Waals surface area contributed by atoms with Crippen LogP contribution in [-0.2, 0) is 22.6 Å². The minimum atomic E-state index is -0.347. The van der Waals surface area contributed by atoms with E-state index in [4.69, 9.17) is 4.74 Å². The Morgan fingerprint density at radius 2 is 1.70 bits per heavy atom. The molecule has 0 radical (unpaired) electrons. The zero-order valence-electron chi connectivity index (χ0n) is 15.7. The topological polar surface area (TPSA) is 58.6 Å². The smallest absolute Gasteiger partial charge is 0.222 e. The number of nitrogens with zero attached hydrogens (tertiary/aromatic N) is 1. The minimum Gasteiger partial charge on any atom is -0.496 e. The number of benzene rings is 2. The van der Waals surface area contributed by atoms with Crippen molar-refractivity contribution in [2.45, 2.75) is 26.3 Å². The SMILES string of the molecule is COc1ccccc1CCN(CCC(=O)NCc1ccccc1F)C(C)=O. The summed E-state index contributed by atoms with van der Waals surface area (Å²) < 4.78 is 18.9. The maximum absolute atomic E-state index is 13.6. The molecule has 0 heterocycles. The van der Waals surface area contributed by atoms with Crippen molar-refractivity contribution in [3.8, 4) is 5.75 Å². The molecule has 2 rings (SSSR count). The Morgan fingerprint density at radius 1 is 1.04 bits per heavy atom. The number of methoxy groups -OCH3 is 1. The Labute approximate surface area is 159 Å². The first kappa shape index (κ1) is 20.4. The van der Waals surface area contributed by atoms with Crippen LogP contribution in [0.4, 0.5) is 4.39 Å². The van der Waals surface area contributed by atoms with Crippen LogP contribution in [0.1, 0.15) is 24.5 Å². The van der Waals surface area contributed by atoms with Crippen molar-refractivity contribution in [3.63, 3.8) is 0 Å². The van der Waals surface area contributed by atoms with Gasteiger partial charge in [0.2, 0.25) is 11.8 Å². The zero-order chi connectivity index (χ0) is 19.6. The van der Waals surface area contributed by atoms with E-state index in [1.807, 2.05) is 24.3 Å². The van der Waals surface area contributed by atoms with Crippen LogP contribution >= 0.6 is 0 Å². The predicted molar refractivity (Wildman–Crippen MR) is 102 cm³/mol. The lowest BCUT2D eigenvalue weighted by Crippen LogP contribution is -2.35. The van der Waals surface area contributed by atoms with Gasteiger partial charge in [-0.3, -0.25) is 9.59 Å². The minimum absolute atomic E-state index is 0.0909. The lowest BCUT2D eigenvalue weighted by Gasteiger charge is -2.21. The van der Waals surface area contributed by atoms with Crippen molar-refractivity contribution < 1.29 is 18.7 Å². The highest BCUT2D eigenvalue weighted by Gasteiger charge is 2.13. The molecule has 0 atom stereocenters. The lowest BCUT2D eigenvalue weighted by molar-refractivity contribution is -0.129. The van der Waals surface area contributed by atoms with Gasteiger partial charge in [0.1, 0.15) is 11.6 Å². The van der Waals surface area contributed by atoms with E-state index in [1.165, 1.54) is 13.0 Å². The van der Waals surface area contributed by atoms with Crippen LogP contribution in [0.2, 0.25) is 0 Å². The van der Waals surface area contributed by atoms with Gasteiger partial charge in [0.15, 0.2) is 0 Å². The summed E-state index contributed by atoms with van der Waals surface area (Å²) in [7, 11) is 1.61. The van der Waals surface area contributed by atoms with Crippen LogP contribution in [-0.4, -0.2) is 36.9 Å². The Balaban J connectivity index is 1.82. The van der Waals surface area contributed by atoms with E-state index in [2.05, 4.69) is 5.32 Å². The molecule has 0 aliphatic rings. The fraction of sp³-hybridized carbons (Fsp3) is 0.333. The Morgan fingerprint density at radius 3 is 2.37 bits per heavy atom. The van der Waals surface area contributed by atoms with Gasteiger partial charge in [-0.05, 0) is 24.1 Å². The number of halogens is 1. The molecule has 0 aliphatic carbocycles. The average Bonchev–Trinajstić information content (AvgIpc) is 2.67. The molecule has 144 valence electrons. The molecule has 0 aliphatic heterocycles. The Kier molecular flexibility index (Phi) is 7.79. The monoisotopic (exact) mass is 372 g/mol. The van der Waals surface area contributed by atoms with Gasteiger partial charge >= 0.3 is 0 Å². The molecular weight excluding hydrogens is 347 g/mol. The van der Waals surface area contributed by atoms with E-state index < -0.39 is 0 Å². The molecule has 2 aromatic rings. The van der Waals surface area contributed by atoms with Crippen molar-refractivity contribution >= 4 is 11.8 Å². The van der Waals surface area contributed by atoms with E-state index in [9.17, 15) is 14.0 Å². The summed E-state index contributed by atoms with van der Waals surface area (Å²) in [6.07, 6.45) is 0.806. The second-order valence-corrected chi connectivity index (χ2v) is 6.19. The van der Waals surface area contributed by atoms with Crippen LogP contribution in [0.3, 0.4) is 0 Å². The Hall–Kier alpha value is -2.89. The van der Waals surface area contributed by atoms with E-state index in [1.54, 1.807) is 30.2 Å². The average molecular weight is 372 g/mol. The molecule has 0 spiro atoms. The van der Waals surface area contributed by atoms with Crippen molar-refractivity contribution in [2.24, 2.45) is 0 Å². The highest BCUT2D eigenvalue weighted by molar-refractivity contribution is 5.78. The molecule has 6 heteroatoms. The number of ether oxygens (including phenoxy) is 1. The molecule has 5 nitrogen and oxygen atoms in total. The summed E-state index contributed by atoms with van der Waals surface area (Å²) in [5.74, 6) is 0.122. The van der Waals surface area contributed by atoms with E-state index >= 15 is 0 Å². The number of nitrogens with one attached hydrogen (secondary N) is 1. The third-order valence-corrected chi connectivity index (χ3v) is 4.33. The molecule has 0 bridgehead atoms. The van der Waals surface area contributed by atoms with Gasteiger partial charge in [-0.15, -0.1) is 0 Å². The van der Waals surface area contributed by atoms with Gasteiger partial charge < -0.3 is 15.0 Å². The fourth-order valence-corrected chi connectivity index (χ4v) is 2.75. The van der Waals surface area contributed by atoms with Crippen molar-refractivity contribution in [2.75, 3.05) is 20.2 Å². The molecule has 2 aromatic carbocycles. The highest BCUT2D eigenvalue weighted by Crippen LogP contribution is 2.18. The molecule has 1 N–H and O–H groups in total. The second kappa shape index (κ2) is 10.3. The predicted octanol–water partition coefficient (Wildman–Crippen LogP) is 2.93. The summed E-state index contributed by atoms with van der Waals surface area (Å²) in [5.41, 5.74) is 1.45. The third-order valence-electron chi connectivity index (χ3n) is 4.33. The van der Waals surface area contributed by atoms with Crippen molar-refractivity contribution in [1.82, 2.24) is 10.2 Å². The van der Waals surface area contributed by atoms with Crippen LogP contribution in [0.15, 0.2) is 48.5 Å². The largest absolute Gasteiger partial charge is 0.496 e. The number of rotatable bonds is 9. The number of hydrogen-bond donors (Lipinski definition) is 1. The molecule has 2 amide bonds. The van der Waals surface area contributed by atoms with E-state index in [-0.39, 0.29) is 30.6 Å². The molecule has 0 saturated heterocycles. The molecule has 0 unspecified atom stereocenters. The number of carbonyl (C=O) groups excluding carboxylic acids is 2. The normalized spacial score (nSPS) is 10.3. The Bertz CT molecular complexity index is 780. The molecular formula is C21H25FN2O3. The van der Waals surface area contributed by atoms with E-state index in [0.717, 1.165) is 11.3 Å². The summed E-state index contributed by atoms with van der Waals surface area (Å²) in [6, 6.07) is 14.0. The zero-order valence-corrected chi connectivity index (χ0v) is 15.7. The third kappa shape index (κ3) is 6.40. The van der Waals surface area contributed by atoms with Gasteiger partial charge in [-0.25, -0.2) is 4.39 Å². The summed E-state index contributed by atoms with van der Waals surface area (Å²) in [4.78, 5) is 25.5. The maximum Gasteiger partial charge on any atom is 0.222 e. The van der Waals surface area contributed by atoms with Crippen LogP contribution < -0.4 is 10.1 Å².